The van der Waals surface area contributed by atoms with Gasteiger partial charge in [-0.05, 0) is 105 Å². The van der Waals surface area contributed by atoms with Crippen molar-refractivity contribution in [1.29, 1.82) is 5.26 Å². The van der Waals surface area contributed by atoms with Crippen LogP contribution >= 0.6 is 11.3 Å². The molecule has 2 amide bonds. The summed E-state index contributed by atoms with van der Waals surface area (Å²) >= 11 is 1.38. The highest BCUT2D eigenvalue weighted by Crippen LogP contribution is 2.56. The third-order valence-electron chi connectivity index (χ3n) is 17.7. The van der Waals surface area contributed by atoms with E-state index in [1.807, 2.05) is 23.1 Å². The van der Waals surface area contributed by atoms with Gasteiger partial charge in [0.1, 0.15) is 23.7 Å². The minimum atomic E-state index is -2.63. The fourth-order valence-corrected chi connectivity index (χ4v) is 14.6. The number of alkyl halides is 2. The van der Waals surface area contributed by atoms with Gasteiger partial charge in [-0.3, -0.25) is 19.3 Å². The zero-order chi connectivity index (χ0) is 51.0. The number of ether oxygens (including phenoxy) is 2. The molecule has 2 aliphatic carbocycles. The van der Waals surface area contributed by atoms with E-state index >= 15 is 0 Å². The second kappa shape index (κ2) is 19.0. The largest absolute Gasteiger partial charge is 0.495 e. The maximum absolute atomic E-state index is 14.7. The van der Waals surface area contributed by atoms with Crippen LogP contribution in [0.5, 0.6) is 11.5 Å². The number of carbonyl (C=O) groups is 2. The van der Waals surface area contributed by atoms with Gasteiger partial charge in [0.15, 0.2) is 5.82 Å². The zero-order valence-electron chi connectivity index (χ0n) is 42.9. The van der Waals surface area contributed by atoms with E-state index in [0.717, 1.165) is 91.5 Å². The summed E-state index contributed by atoms with van der Waals surface area (Å²) in [5, 5.41) is 18.1. The predicted octanol–water partition coefficient (Wildman–Crippen LogP) is 10.5. The van der Waals surface area contributed by atoms with Gasteiger partial charge in [0.25, 0.3) is 12.3 Å². The number of piperidine rings is 1. The Kier molecular flexibility index (Phi) is 12.8. The summed E-state index contributed by atoms with van der Waals surface area (Å²) in [4.78, 5) is 40.6. The minimum Gasteiger partial charge on any atom is -0.495 e. The summed E-state index contributed by atoms with van der Waals surface area (Å²) in [5.74, 6) is 1.86. The lowest BCUT2D eigenvalue weighted by Crippen LogP contribution is -2.74. The maximum Gasteiger partial charge on any atom is 0.264 e. The third-order valence-corrected chi connectivity index (χ3v) is 18.5. The number of hydrogen-bond donors (Lipinski definition) is 1. The van der Waals surface area contributed by atoms with Gasteiger partial charge in [-0.15, -0.1) is 11.3 Å². The molecule has 6 aliphatic rings. The van der Waals surface area contributed by atoms with Crippen molar-refractivity contribution < 1.29 is 27.8 Å². The molecule has 13 nitrogen and oxygen atoms in total. The van der Waals surface area contributed by atoms with Crippen LogP contribution in [0.25, 0.3) is 10.4 Å². The fraction of sp³-hybridized carbons (Fsp3) is 0.526. The van der Waals surface area contributed by atoms with Crippen LogP contribution in [0, 0.1) is 27.6 Å². The lowest BCUT2D eigenvalue weighted by Gasteiger charge is -2.63. The van der Waals surface area contributed by atoms with Gasteiger partial charge in [-0.1, -0.05) is 27.7 Å². The van der Waals surface area contributed by atoms with Crippen molar-refractivity contribution in [2.75, 3.05) is 56.2 Å². The molecule has 2 saturated carbocycles. The topological polar surface area (TPSA) is 132 Å². The Hall–Kier alpha value is -6.05. The van der Waals surface area contributed by atoms with E-state index in [9.17, 15) is 23.6 Å². The monoisotopic (exact) mass is 1010 g/mol. The smallest absolute Gasteiger partial charge is 0.264 e. The Morgan fingerprint density at radius 3 is 2.32 bits per heavy atom. The maximum atomic E-state index is 14.7. The molecule has 11 rings (SSSR count). The number of carbonyl (C=O) groups excluding carboxylic acids is 2. The number of nitriles is 1. The molecule has 73 heavy (non-hydrogen) atoms. The summed E-state index contributed by atoms with van der Waals surface area (Å²) < 4.78 is 43.6. The van der Waals surface area contributed by atoms with Crippen LogP contribution in [0.4, 0.5) is 26.0 Å². The van der Waals surface area contributed by atoms with Crippen LogP contribution in [-0.4, -0.2) is 101 Å². The quantitative estimate of drug-likeness (QED) is 0.136. The molecule has 0 radical (unpaired) electrons. The van der Waals surface area contributed by atoms with E-state index in [2.05, 4.69) is 75.6 Å². The van der Waals surface area contributed by atoms with Gasteiger partial charge >= 0.3 is 0 Å². The first-order valence-electron chi connectivity index (χ1n) is 26.2. The summed E-state index contributed by atoms with van der Waals surface area (Å²) in [6, 6.07) is 19.8. The molecule has 4 fully saturated rings. The molecule has 0 atom stereocenters. The van der Waals surface area contributed by atoms with Gasteiger partial charge < -0.3 is 34.4 Å². The zero-order valence-corrected chi connectivity index (χ0v) is 43.7. The van der Waals surface area contributed by atoms with Crippen LogP contribution in [0.15, 0.2) is 66.3 Å². The molecule has 2 aromatic heterocycles. The summed E-state index contributed by atoms with van der Waals surface area (Å²) in [6.07, 6.45) is 8.09. The van der Waals surface area contributed by atoms with Crippen molar-refractivity contribution in [1.82, 2.24) is 29.9 Å². The summed E-state index contributed by atoms with van der Waals surface area (Å²) in [5.41, 5.74) is 8.22. The summed E-state index contributed by atoms with van der Waals surface area (Å²) in [7, 11) is 1.54. The molecule has 1 N–H and O–H groups in total. The van der Waals surface area contributed by atoms with Gasteiger partial charge in [0, 0.05) is 133 Å². The number of hydrogen-bond acceptors (Lipinski definition) is 11. The number of amides is 2. The highest BCUT2D eigenvalue weighted by atomic mass is 32.1. The number of benzene rings is 3. The number of nitrogens with zero attached hydrogens (tertiary/aromatic N) is 8. The number of thiazole rings is 1. The first-order chi connectivity index (χ1) is 35.1. The van der Waals surface area contributed by atoms with Gasteiger partial charge in [0.05, 0.1) is 35.6 Å². The SMILES string of the molecule is COc1cc(OC2C(C)(C)C(NC(=O)c3ccc(N4CC5(CCC(N6CCC(n7nc(N8CCCc9cc(-c%10cncs%10)c(C(F)F)cc98)c8c7CCN(C(C)=O)C8)CC6)CC5)C4)cc3)C2(C)C)ccc1C#N. The van der Waals surface area contributed by atoms with E-state index < -0.39 is 6.43 Å². The Balaban J connectivity index is 0.691. The first-order valence-corrected chi connectivity index (χ1v) is 27.1. The highest BCUT2D eigenvalue weighted by molar-refractivity contribution is 7.13. The van der Waals surface area contributed by atoms with Crippen molar-refractivity contribution in [3.8, 4) is 28.0 Å². The average molecular weight is 1010 g/mol. The summed E-state index contributed by atoms with van der Waals surface area (Å²) in [6.45, 7) is 16.0. The van der Waals surface area contributed by atoms with Crippen molar-refractivity contribution in [2.45, 2.75) is 130 Å². The van der Waals surface area contributed by atoms with E-state index in [0.29, 0.717) is 59.3 Å². The molecule has 384 valence electrons. The number of fused-ring (bicyclic) bond motifs is 2. The van der Waals surface area contributed by atoms with Gasteiger partial charge in [-0.25, -0.2) is 8.78 Å². The molecule has 1 spiro atoms. The van der Waals surface area contributed by atoms with Crippen LogP contribution in [0.2, 0.25) is 0 Å². The van der Waals surface area contributed by atoms with Crippen molar-refractivity contribution in [2.24, 2.45) is 16.2 Å². The molecule has 6 heterocycles. The van der Waals surface area contributed by atoms with Crippen LogP contribution in [-0.2, 0) is 24.2 Å². The number of aryl methyl sites for hydroxylation is 1. The van der Waals surface area contributed by atoms with Crippen molar-refractivity contribution >= 4 is 40.3 Å². The number of nitrogens with one attached hydrogen (secondary N) is 1. The minimum absolute atomic E-state index is 0.0162. The highest BCUT2D eigenvalue weighted by Gasteiger charge is 2.64. The molecule has 16 heteroatoms. The second-order valence-corrected chi connectivity index (χ2v) is 23.7. The molecule has 3 aromatic carbocycles. The number of methoxy groups -OCH3 is 1. The van der Waals surface area contributed by atoms with E-state index in [1.165, 1.54) is 42.7 Å². The molecular formula is C57H67F2N9O4S. The molecular weight excluding hydrogens is 945 g/mol. The van der Waals surface area contributed by atoms with Crippen LogP contribution < -0.4 is 24.6 Å². The molecule has 5 aromatic rings. The Morgan fingerprint density at radius 1 is 0.918 bits per heavy atom. The van der Waals surface area contributed by atoms with E-state index in [-0.39, 0.29) is 46.4 Å². The lowest BCUT2D eigenvalue weighted by atomic mass is 9.49. The number of rotatable bonds is 11. The Bertz CT molecular complexity index is 2910. The van der Waals surface area contributed by atoms with E-state index in [1.54, 1.807) is 50.0 Å². The molecule has 0 bridgehead atoms. The van der Waals surface area contributed by atoms with Gasteiger partial charge in [-0.2, -0.15) is 10.4 Å². The van der Waals surface area contributed by atoms with Crippen LogP contribution in [0.3, 0.4) is 0 Å². The fourth-order valence-electron chi connectivity index (χ4n) is 14.0. The Morgan fingerprint density at radius 2 is 1.66 bits per heavy atom. The standard InChI is InChI=1S/C57H67F2N9O4S/c1-35(69)65-25-19-46-45(31-65)51(67-22-7-8-37-26-43(49-30-61-34-73-49)44(50(58)59)28-47(37)67)63-68(46)41-17-23-64(24-18-41)40-15-20-57(21-16-40)32-66(33-57)39-12-9-36(10-13-39)52(70)62-53-55(2,3)54(56(53,4)5)72-42-14-11-38(29-60)48(27-42)71-6/h9-14,26-28,30,34,40-41,50,53-54H,7-8,15-25,31-33H2,1-6H3,(H,62,70). The number of anilines is 3. The van der Waals surface area contributed by atoms with Crippen molar-refractivity contribution in [3.63, 3.8) is 0 Å². The average Bonchev–Trinajstić information content (AvgIpc) is 4.08. The van der Waals surface area contributed by atoms with E-state index in [4.69, 9.17) is 14.6 Å². The molecule has 4 aliphatic heterocycles. The normalized spacial score (nSPS) is 22.5. The first kappa shape index (κ1) is 49.2. The third kappa shape index (κ3) is 8.81. The number of likely N-dealkylation sites (tertiary alicyclic amines) is 1. The van der Waals surface area contributed by atoms with Crippen molar-refractivity contribution in [3.05, 3.63) is 99.8 Å². The number of halogens is 2. The van der Waals surface area contributed by atoms with Gasteiger partial charge in [0.2, 0.25) is 5.91 Å². The second-order valence-electron chi connectivity index (χ2n) is 22.8. The predicted molar refractivity (Wildman–Crippen MR) is 279 cm³/mol. The van der Waals surface area contributed by atoms with Crippen LogP contribution in [0.1, 0.15) is 130 Å². The lowest BCUT2D eigenvalue weighted by molar-refractivity contribution is -0.164. The Labute approximate surface area is 431 Å². The number of aromatic nitrogens is 3. The molecule has 0 unspecified atom stereocenters. The molecule has 2 saturated heterocycles.